The predicted octanol–water partition coefficient (Wildman–Crippen LogP) is 0.979. The van der Waals surface area contributed by atoms with E-state index in [1.165, 1.54) is 0 Å². The molecular weight excluding hydrogens is 202 g/mol. The number of nitrogens with zero attached hydrogens (tertiary/aromatic N) is 3. The second kappa shape index (κ2) is 3.73. The van der Waals surface area contributed by atoms with E-state index in [-0.39, 0.29) is 0 Å². The second-order valence-corrected chi connectivity index (χ2v) is 3.07. The Balaban J connectivity index is 2.44. The highest BCUT2D eigenvalue weighted by Gasteiger charge is 2.08. The van der Waals surface area contributed by atoms with Gasteiger partial charge in [0.25, 0.3) is 0 Å². The lowest BCUT2D eigenvalue weighted by atomic mass is 10.2. The fourth-order valence-electron chi connectivity index (χ4n) is 1.06. The van der Waals surface area contributed by atoms with Crippen LogP contribution in [-0.4, -0.2) is 20.2 Å². The maximum Gasteiger partial charge on any atom is 0.182 e. The highest BCUT2D eigenvalue weighted by Crippen LogP contribution is 2.22. The van der Waals surface area contributed by atoms with Crippen LogP contribution in [0, 0.1) is 0 Å². The predicted molar refractivity (Wildman–Crippen MR) is 52.5 cm³/mol. The minimum Gasteiger partial charge on any atom is -0.324 e. The third kappa shape index (κ3) is 1.59. The first-order valence-corrected chi connectivity index (χ1v) is 4.40. The van der Waals surface area contributed by atoms with Crippen LogP contribution in [0.3, 0.4) is 0 Å². The molecule has 0 amide bonds. The molecule has 2 aromatic rings. The fraction of sp³-hybridized carbons (Fsp3) is 0.125. The van der Waals surface area contributed by atoms with E-state index in [1.54, 1.807) is 18.5 Å². The van der Waals surface area contributed by atoms with Crippen LogP contribution in [0.4, 0.5) is 0 Å². The first-order valence-electron chi connectivity index (χ1n) is 4.02. The summed E-state index contributed by atoms with van der Waals surface area (Å²) in [5.74, 6) is 1.17. The molecule has 0 unspecified atom stereocenters. The van der Waals surface area contributed by atoms with Gasteiger partial charge < -0.3 is 5.73 Å². The second-order valence-electron chi connectivity index (χ2n) is 2.67. The summed E-state index contributed by atoms with van der Waals surface area (Å²) in [6.45, 7) is 0.329. The zero-order chi connectivity index (χ0) is 9.97. The van der Waals surface area contributed by atoms with Gasteiger partial charge in [0, 0.05) is 18.0 Å². The van der Waals surface area contributed by atoms with Crippen molar-refractivity contribution in [2.75, 3.05) is 0 Å². The minimum absolute atomic E-state index is 0.329. The molecule has 3 N–H and O–H groups in total. The maximum absolute atomic E-state index is 5.92. The number of H-pyrrole nitrogens is 1. The van der Waals surface area contributed by atoms with Gasteiger partial charge in [-0.2, -0.15) is 5.10 Å². The van der Waals surface area contributed by atoms with Gasteiger partial charge in [0.2, 0.25) is 0 Å². The zero-order valence-electron chi connectivity index (χ0n) is 7.24. The molecule has 6 heteroatoms. The van der Waals surface area contributed by atoms with Crippen molar-refractivity contribution in [1.82, 2.24) is 20.2 Å². The van der Waals surface area contributed by atoms with Crippen LogP contribution >= 0.6 is 11.6 Å². The van der Waals surface area contributed by atoms with Gasteiger partial charge in [0.1, 0.15) is 5.82 Å². The standard InChI is InChI=1S/C8H8ClN5/c9-6-4-11-2-1-5(6)8-12-7(3-10)13-14-8/h1-2,4H,3,10H2,(H,12,13,14). The Bertz CT molecular complexity index is 439. The normalized spacial score (nSPS) is 10.4. The molecule has 2 rings (SSSR count). The Morgan fingerprint density at radius 3 is 3.00 bits per heavy atom. The number of hydrogen-bond donors (Lipinski definition) is 2. The highest BCUT2D eigenvalue weighted by atomic mass is 35.5. The summed E-state index contributed by atoms with van der Waals surface area (Å²) in [5.41, 5.74) is 6.15. The van der Waals surface area contributed by atoms with Gasteiger partial charge in [0.15, 0.2) is 5.82 Å². The molecule has 2 aromatic heterocycles. The lowest BCUT2D eigenvalue weighted by molar-refractivity contribution is 0.917. The Hall–Kier alpha value is -1.46. The first-order chi connectivity index (χ1) is 6.81. The molecule has 2 heterocycles. The number of aromatic amines is 1. The average Bonchev–Trinajstić information content (AvgIpc) is 2.67. The molecule has 0 bridgehead atoms. The van der Waals surface area contributed by atoms with Crippen molar-refractivity contribution in [1.29, 1.82) is 0 Å². The Kier molecular flexibility index (Phi) is 2.43. The van der Waals surface area contributed by atoms with Crippen LogP contribution in [0.15, 0.2) is 18.5 Å². The number of rotatable bonds is 2. The van der Waals surface area contributed by atoms with Crippen LogP contribution in [-0.2, 0) is 6.54 Å². The van der Waals surface area contributed by atoms with Crippen LogP contribution in [0.25, 0.3) is 11.4 Å². The Morgan fingerprint density at radius 2 is 2.36 bits per heavy atom. The molecule has 0 radical (unpaired) electrons. The van der Waals surface area contributed by atoms with Crippen molar-refractivity contribution >= 4 is 11.6 Å². The maximum atomic E-state index is 5.92. The van der Waals surface area contributed by atoms with Gasteiger partial charge in [-0.3, -0.25) is 10.1 Å². The van der Waals surface area contributed by atoms with Crippen molar-refractivity contribution in [2.45, 2.75) is 6.54 Å². The SMILES string of the molecule is NCc1nc(-c2ccncc2Cl)n[nH]1. The van der Waals surface area contributed by atoms with Crippen molar-refractivity contribution < 1.29 is 0 Å². The van der Waals surface area contributed by atoms with E-state index in [0.29, 0.717) is 23.2 Å². The summed E-state index contributed by atoms with van der Waals surface area (Å²) in [6, 6.07) is 1.76. The lowest BCUT2D eigenvalue weighted by Crippen LogP contribution is -1.97. The number of pyridine rings is 1. The summed E-state index contributed by atoms with van der Waals surface area (Å²) in [5, 5.41) is 7.23. The van der Waals surface area contributed by atoms with E-state index in [0.717, 1.165) is 5.56 Å². The van der Waals surface area contributed by atoms with Crippen LogP contribution in [0.2, 0.25) is 5.02 Å². The molecule has 0 spiro atoms. The fourth-order valence-corrected chi connectivity index (χ4v) is 1.27. The number of nitrogens with two attached hydrogens (primary N) is 1. The third-order valence-corrected chi connectivity index (χ3v) is 2.04. The Morgan fingerprint density at radius 1 is 1.50 bits per heavy atom. The molecule has 0 aliphatic heterocycles. The van der Waals surface area contributed by atoms with E-state index >= 15 is 0 Å². The van der Waals surface area contributed by atoms with E-state index in [1.807, 2.05) is 0 Å². The summed E-state index contributed by atoms with van der Waals surface area (Å²) < 4.78 is 0. The van der Waals surface area contributed by atoms with Crippen molar-refractivity contribution in [3.63, 3.8) is 0 Å². The zero-order valence-corrected chi connectivity index (χ0v) is 7.99. The minimum atomic E-state index is 0.329. The Labute approximate surface area is 85.3 Å². The average molecular weight is 210 g/mol. The summed E-state index contributed by atoms with van der Waals surface area (Å²) in [4.78, 5) is 8.03. The molecule has 0 aromatic carbocycles. The van der Waals surface area contributed by atoms with E-state index < -0.39 is 0 Å². The van der Waals surface area contributed by atoms with Crippen molar-refractivity contribution in [3.05, 3.63) is 29.3 Å². The number of hydrogen-bond acceptors (Lipinski definition) is 4. The molecule has 0 saturated carbocycles. The molecule has 0 aliphatic rings. The molecule has 72 valence electrons. The quantitative estimate of drug-likeness (QED) is 0.773. The van der Waals surface area contributed by atoms with Gasteiger partial charge in [-0.05, 0) is 6.07 Å². The van der Waals surface area contributed by atoms with Gasteiger partial charge >= 0.3 is 0 Å². The molecule has 0 fully saturated rings. The molecule has 14 heavy (non-hydrogen) atoms. The van der Waals surface area contributed by atoms with E-state index in [4.69, 9.17) is 17.3 Å². The van der Waals surface area contributed by atoms with Gasteiger partial charge in [0.05, 0.1) is 11.6 Å². The largest absolute Gasteiger partial charge is 0.324 e. The van der Waals surface area contributed by atoms with Crippen LogP contribution in [0.5, 0.6) is 0 Å². The number of nitrogens with one attached hydrogen (secondary N) is 1. The third-order valence-electron chi connectivity index (χ3n) is 1.74. The smallest absolute Gasteiger partial charge is 0.182 e. The number of halogens is 1. The molecule has 0 saturated heterocycles. The van der Waals surface area contributed by atoms with Gasteiger partial charge in [-0.25, -0.2) is 4.98 Å². The van der Waals surface area contributed by atoms with Gasteiger partial charge in [-0.15, -0.1) is 0 Å². The molecule has 0 atom stereocenters. The molecule has 5 nitrogen and oxygen atoms in total. The monoisotopic (exact) mass is 209 g/mol. The van der Waals surface area contributed by atoms with E-state index in [9.17, 15) is 0 Å². The van der Waals surface area contributed by atoms with Crippen molar-refractivity contribution in [2.24, 2.45) is 5.73 Å². The topological polar surface area (TPSA) is 80.5 Å². The molecular formula is C8H8ClN5. The summed E-state index contributed by atoms with van der Waals surface area (Å²) in [7, 11) is 0. The van der Waals surface area contributed by atoms with Crippen LogP contribution in [0.1, 0.15) is 5.82 Å². The first kappa shape index (κ1) is 9.11. The van der Waals surface area contributed by atoms with E-state index in [2.05, 4.69) is 20.2 Å². The number of aromatic nitrogens is 4. The van der Waals surface area contributed by atoms with Crippen molar-refractivity contribution in [3.8, 4) is 11.4 Å². The summed E-state index contributed by atoms with van der Waals surface area (Å²) in [6.07, 6.45) is 3.19. The van der Waals surface area contributed by atoms with Crippen LogP contribution < -0.4 is 5.73 Å². The summed E-state index contributed by atoms with van der Waals surface area (Å²) >= 11 is 5.92. The van der Waals surface area contributed by atoms with Gasteiger partial charge in [-0.1, -0.05) is 11.6 Å². The lowest BCUT2D eigenvalue weighted by Gasteiger charge is -1.95. The highest BCUT2D eigenvalue weighted by molar-refractivity contribution is 6.33. The molecule has 0 aliphatic carbocycles.